The number of amides is 2. The zero-order valence-corrected chi connectivity index (χ0v) is 16.5. The van der Waals surface area contributed by atoms with Crippen LogP contribution >= 0.6 is 11.3 Å². The molecule has 5 rings (SSSR count). The van der Waals surface area contributed by atoms with E-state index in [2.05, 4.69) is 50.1 Å². The first-order valence-electron chi connectivity index (χ1n) is 10.3. The first-order chi connectivity index (χ1) is 13.3. The molecule has 2 saturated heterocycles. The van der Waals surface area contributed by atoms with Gasteiger partial charge in [0.2, 0.25) is 0 Å². The molecular weight excluding hydrogens is 356 g/mol. The van der Waals surface area contributed by atoms with Gasteiger partial charge in [0.15, 0.2) is 0 Å². The molecule has 3 heterocycles. The van der Waals surface area contributed by atoms with Gasteiger partial charge in [-0.1, -0.05) is 6.07 Å². The number of rotatable bonds is 4. The third kappa shape index (κ3) is 3.52. The fraction of sp³-hybridized carbons (Fsp3) is 0.571. The van der Waals surface area contributed by atoms with Crippen molar-refractivity contribution in [2.24, 2.45) is 5.92 Å². The zero-order chi connectivity index (χ0) is 18.2. The molecule has 2 amide bonds. The summed E-state index contributed by atoms with van der Waals surface area (Å²) >= 11 is 1.83. The number of fused-ring (bicyclic) bond motifs is 2. The Bertz CT molecular complexity index is 813. The number of urea groups is 1. The summed E-state index contributed by atoms with van der Waals surface area (Å²) in [6, 6.07) is 9.70. The average molecular weight is 385 g/mol. The van der Waals surface area contributed by atoms with Crippen LogP contribution in [0.1, 0.15) is 25.7 Å². The number of hydrogen-bond donors (Lipinski definition) is 2. The third-order valence-corrected chi connectivity index (χ3v) is 7.51. The molecule has 1 saturated carbocycles. The number of nitrogens with zero attached hydrogens (tertiary/aromatic N) is 2. The lowest BCUT2D eigenvalue weighted by atomic mass is 9.81. The summed E-state index contributed by atoms with van der Waals surface area (Å²) in [5.74, 6) is 0.754. The number of nitrogens with one attached hydrogen (secondary N) is 2. The maximum atomic E-state index is 11.5. The Morgan fingerprint density at radius 1 is 1.04 bits per heavy atom. The Kier molecular flexibility index (Phi) is 4.70. The summed E-state index contributed by atoms with van der Waals surface area (Å²) in [5, 5.41) is 9.74. The van der Waals surface area contributed by atoms with E-state index in [9.17, 15) is 4.79 Å². The lowest BCUT2D eigenvalue weighted by Crippen LogP contribution is -2.47. The van der Waals surface area contributed by atoms with Gasteiger partial charge in [-0.2, -0.15) is 0 Å². The summed E-state index contributed by atoms with van der Waals surface area (Å²) < 4.78 is 1.39. The van der Waals surface area contributed by atoms with Crippen LogP contribution in [-0.2, 0) is 0 Å². The summed E-state index contributed by atoms with van der Waals surface area (Å²) in [6.07, 6.45) is 4.79. The maximum absolute atomic E-state index is 11.5. The van der Waals surface area contributed by atoms with Crippen molar-refractivity contribution in [2.45, 2.75) is 37.8 Å². The second kappa shape index (κ2) is 7.32. The van der Waals surface area contributed by atoms with Gasteiger partial charge in [0.1, 0.15) is 0 Å². The van der Waals surface area contributed by atoms with E-state index in [0.29, 0.717) is 12.1 Å². The summed E-state index contributed by atoms with van der Waals surface area (Å²) in [4.78, 5) is 16.7. The van der Waals surface area contributed by atoms with Gasteiger partial charge in [0.05, 0.1) is 12.1 Å². The van der Waals surface area contributed by atoms with Crippen LogP contribution in [0.3, 0.4) is 0 Å². The zero-order valence-electron chi connectivity index (χ0n) is 15.7. The monoisotopic (exact) mass is 384 g/mol. The highest BCUT2D eigenvalue weighted by Gasteiger charge is 2.37. The molecule has 3 fully saturated rings. The van der Waals surface area contributed by atoms with Crippen LogP contribution in [0.15, 0.2) is 29.6 Å². The fourth-order valence-corrected chi connectivity index (χ4v) is 5.87. The van der Waals surface area contributed by atoms with Crippen molar-refractivity contribution in [3.63, 3.8) is 0 Å². The molecule has 2 aliphatic heterocycles. The van der Waals surface area contributed by atoms with E-state index in [1.165, 1.54) is 35.2 Å². The van der Waals surface area contributed by atoms with Crippen LogP contribution in [0.25, 0.3) is 10.1 Å². The average Bonchev–Trinajstić information content (AvgIpc) is 3.31. The van der Waals surface area contributed by atoms with Gasteiger partial charge in [-0.05, 0) is 61.7 Å². The maximum Gasteiger partial charge on any atom is 0.315 e. The number of benzene rings is 1. The molecule has 0 bridgehead atoms. The van der Waals surface area contributed by atoms with E-state index in [1.807, 2.05) is 11.3 Å². The van der Waals surface area contributed by atoms with Crippen LogP contribution in [0.2, 0.25) is 0 Å². The molecule has 6 heteroatoms. The van der Waals surface area contributed by atoms with E-state index in [-0.39, 0.29) is 6.03 Å². The van der Waals surface area contributed by atoms with Crippen molar-refractivity contribution in [1.29, 1.82) is 0 Å². The normalized spacial score (nSPS) is 28.8. The first-order valence-corrected chi connectivity index (χ1v) is 11.1. The van der Waals surface area contributed by atoms with Crippen molar-refractivity contribution in [3.05, 3.63) is 29.6 Å². The molecular formula is C21H28N4OS. The molecule has 0 radical (unpaired) electrons. The Morgan fingerprint density at radius 2 is 1.89 bits per heavy atom. The Morgan fingerprint density at radius 3 is 2.78 bits per heavy atom. The largest absolute Gasteiger partial charge is 0.368 e. The van der Waals surface area contributed by atoms with Gasteiger partial charge in [0, 0.05) is 42.0 Å². The second-order valence-corrected chi connectivity index (χ2v) is 9.18. The number of hydrogen-bond acceptors (Lipinski definition) is 4. The van der Waals surface area contributed by atoms with Crippen molar-refractivity contribution in [1.82, 2.24) is 15.5 Å². The summed E-state index contributed by atoms with van der Waals surface area (Å²) in [6.45, 7) is 5.73. The molecule has 1 aliphatic carbocycles. The molecule has 5 nitrogen and oxygen atoms in total. The van der Waals surface area contributed by atoms with E-state index in [1.54, 1.807) is 0 Å². The minimum Gasteiger partial charge on any atom is -0.368 e. The van der Waals surface area contributed by atoms with Crippen molar-refractivity contribution >= 4 is 33.1 Å². The molecule has 144 valence electrons. The van der Waals surface area contributed by atoms with Crippen LogP contribution in [0.5, 0.6) is 0 Å². The first kappa shape index (κ1) is 17.3. The van der Waals surface area contributed by atoms with Crippen LogP contribution < -0.4 is 15.5 Å². The predicted octanol–water partition coefficient (Wildman–Crippen LogP) is 3.26. The molecule has 1 aromatic carbocycles. The smallest absolute Gasteiger partial charge is 0.315 e. The van der Waals surface area contributed by atoms with Crippen molar-refractivity contribution < 1.29 is 4.79 Å². The number of piperazine rings is 1. The topological polar surface area (TPSA) is 47.6 Å². The quantitative estimate of drug-likeness (QED) is 0.851. The highest BCUT2D eigenvalue weighted by atomic mass is 32.1. The highest BCUT2D eigenvalue weighted by Crippen LogP contribution is 2.32. The van der Waals surface area contributed by atoms with E-state index in [0.717, 1.165) is 44.9 Å². The third-order valence-electron chi connectivity index (χ3n) is 6.63. The highest BCUT2D eigenvalue weighted by molar-refractivity contribution is 7.17. The standard InChI is InChI=1S/C21H28N4OS/c26-21-22-17-5-4-15(14-18(17)23-21)6-8-24-9-11-25(12-10-24)19-2-1-3-20-16(19)7-13-27-20/h1-3,7,13,15,17-18H,4-6,8-12,14H2,(H2,22,23,26). The molecule has 1 aromatic heterocycles. The predicted molar refractivity (Wildman–Crippen MR) is 112 cm³/mol. The number of carbonyl (C=O) groups excluding carboxylic acids is 1. The lowest BCUT2D eigenvalue weighted by Gasteiger charge is -2.38. The van der Waals surface area contributed by atoms with Gasteiger partial charge in [-0.3, -0.25) is 4.90 Å². The molecule has 2 N–H and O–H groups in total. The lowest BCUT2D eigenvalue weighted by molar-refractivity contribution is 0.206. The molecule has 3 unspecified atom stereocenters. The van der Waals surface area contributed by atoms with Gasteiger partial charge >= 0.3 is 6.03 Å². The Balaban J connectivity index is 1.12. The Labute approximate surface area is 164 Å². The van der Waals surface area contributed by atoms with Gasteiger partial charge in [-0.15, -0.1) is 11.3 Å². The van der Waals surface area contributed by atoms with Crippen LogP contribution in [0.4, 0.5) is 10.5 Å². The van der Waals surface area contributed by atoms with Crippen LogP contribution in [-0.4, -0.2) is 55.7 Å². The molecule has 0 spiro atoms. The van der Waals surface area contributed by atoms with E-state index >= 15 is 0 Å². The van der Waals surface area contributed by atoms with Crippen molar-refractivity contribution in [3.8, 4) is 0 Å². The second-order valence-electron chi connectivity index (χ2n) is 8.24. The van der Waals surface area contributed by atoms with Gasteiger partial charge in [-0.25, -0.2) is 4.79 Å². The molecule has 3 atom stereocenters. The fourth-order valence-electron chi connectivity index (χ4n) is 5.06. The van der Waals surface area contributed by atoms with Gasteiger partial charge < -0.3 is 15.5 Å². The van der Waals surface area contributed by atoms with E-state index < -0.39 is 0 Å². The van der Waals surface area contributed by atoms with Crippen LogP contribution in [0, 0.1) is 5.92 Å². The number of anilines is 1. The van der Waals surface area contributed by atoms with E-state index in [4.69, 9.17) is 0 Å². The molecule has 2 aromatic rings. The minimum absolute atomic E-state index is 0.0300. The van der Waals surface area contributed by atoms with Gasteiger partial charge in [0.25, 0.3) is 0 Å². The summed E-state index contributed by atoms with van der Waals surface area (Å²) in [7, 11) is 0. The molecule has 3 aliphatic rings. The SMILES string of the molecule is O=C1NC2CCC(CCN3CCN(c4cccc5sccc45)CC3)CC2N1. The summed E-state index contributed by atoms with van der Waals surface area (Å²) in [5.41, 5.74) is 1.40. The number of carbonyl (C=O) groups is 1. The Hall–Kier alpha value is -1.79. The number of thiophene rings is 1. The molecule has 27 heavy (non-hydrogen) atoms. The van der Waals surface area contributed by atoms with Crippen molar-refractivity contribution in [2.75, 3.05) is 37.6 Å². The minimum atomic E-state index is 0.0300.